The fourth-order valence-electron chi connectivity index (χ4n) is 5.83. The number of pyridine rings is 2. The van der Waals surface area contributed by atoms with E-state index < -0.39 is 6.36 Å². The van der Waals surface area contributed by atoms with Gasteiger partial charge in [0.15, 0.2) is 5.65 Å². The highest BCUT2D eigenvalue weighted by Gasteiger charge is 2.31. The van der Waals surface area contributed by atoms with Gasteiger partial charge in [0.25, 0.3) is 0 Å². The lowest BCUT2D eigenvalue weighted by Gasteiger charge is -2.23. The number of benzene rings is 2. The van der Waals surface area contributed by atoms with E-state index in [0.29, 0.717) is 35.7 Å². The quantitative estimate of drug-likeness (QED) is 0.196. The number of alkyl halides is 3. The van der Waals surface area contributed by atoms with Crippen LogP contribution >= 0.6 is 0 Å². The van der Waals surface area contributed by atoms with Gasteiger partial charge in [0.1, 0.15) is 35.3 Å². The standard InChI is InChI=1S/C33H28F3N7O2/c1-20-10-11-24-23(12-14-38-31(24)42-21-6-4-7-22(16-21)45-33(34,35)36)26(20)17-27-25(8-5-13-37-27)29-30-32(40-18-39-29)43(19-41-30)28-9-2-3-15-44-28/h4-8,10-14,16,18-19,28H,2-3,9,15,17H2,1H3,(H,38,42). The molecule has 0 saturated carbocycles. The van der Waals surface area contributed by atoms with Gasteiger partial charge in [-0.05, 0) is 73.0 Å². The minimum Gasteiger partial charge on any atom is -0.406 e. The molecule has 9 nitrogen and oxygen atoms in total. The lowest BCUT2D eigenvalue weighted by Crippen LogP contribution is -2.17. The molecular formula is C33H28F3N7O2. The largest absolute Gasteiger partial charge is 0.573 e. The topological polar surface area (TPSA) is 99.9 Å². The fourth-order valence-corrected chi connectivity index (χ4v) is 5.83. The molecule has 1 atom stereocenters. The molecule has 5 heterocycles. The summed E-state index contributed by atoms with van der Waals surface area (Å²) in [6.45, 7) is 2.75. The summed E-state index contributed by atoms with van der Waals surface area (Å²) in [7, 11) is 0. The van der Waals surface area contributed by atoms with Crippen LogP contribution < -0.4 is 10.1 Å². The second-order valence-electron chi connectivity index (χ2n) is 10.9. The lowest BCUT2D eigenvalue weighted by atomic mass is 9.94. The first-order valence-electron chi connectivity index (χ1n) is 14.6. The van der Waals surface area contributed by atoms with Crippen LogP contribution in [0.1, 0.15) is 42.3 Å². The summed E-state index contributed by atoms with van der Waals surface area (Å²) in [5.41, 5.74) is 6.28. The van der Waals surface area contributed by atoms with E-state index in [2.05, 4.69) is 25.0 Å². The van der Waals surface area contributed by atoms with E-state index in [1.807, 2.05) is 41.8 Å². The molecule has 7 rings (SSSR count). The molecular weight excluding hydrogens is 583 g/mol. The number of hydrogen-bond acceptors (Lipinski definition) is 8. The van der Waals surface area contributed by atoms with E-state index in [-0.39, 0.29) is 12.0 Å². The van der Waals surface area contributed by atoms with E-state index in [1.54, 1.807) is 31.1 Å². The molecule has 0 bridgehead atoms. The van der Waals surface area contributed by atoms with Gasteiger partial charge in [0.05, 0.1) is 12.0 Å². The minimum absolute atomic E-state index is 0.103. The molecule has 0 spiro atoms. The highest BCUT2D eigenvalue weighted by atomic mass is 19.4. The van der Waals surface area contributed by atoms with Gasteiger partial charge < -0.3 is 14.8 Å². The number of nitrogens with one attached hydrogen (secondary N) is 1. The summed E-state index contributed by atoms with van der Waals surface area (Å²) in [6, 6.07) is 15.4. The Balaban J connectivity index is 1.24. The van der Waals surface area contributed by atoms with Crippen molar-refractivity contribution in [2.45, 2.75) is 45.2 Å². The molecule has 1 fully saturated rings. The Morgan fingerprint density at radius 3 is 2.71 bits per heavy atom. The van der Waals surface area contributed by atoms with Crippen LogP contribution in [0, 0.1) is 6.92 Å². The van der Waals surface area contributed by atoms with Crippen molar-refractivity contribution < 1.29 is 22.6 Å². The first-order chi connectivity index (χ1) is 21.8. The van der Waals surface area contributed by atoms with Crippen LogP contribution in [0.4, 0.5) is 24.7 Å². The fraction of sp³-hybridized carbons (Fsp3) is 0.242. The highest BCUT2D eigenvalue weighted by molar-refractivity contribution is 5.96. The van der Waals surface area contributed by atoms with Gasteiger partial charge in [-0.1, -0.05) is 18.2 Å². The number of imidazole rings is 1. The highest BCUT2D eigenvalue weighted by Crippen LogP contribution is 2.35. The van der Waals surface area contributed by atoms with Crippen LogP contribution in [0.2, 0.25) is 0 Å². The second kappa shape index (κ2) is 11.8. The van der Waals surface area contributed by atoms with Crippen LogP contribution in [0.3, 0.4) is 0 Å². The van der Waals surface area contributed by atoms with Gasteiger partial charge in [0.2, 0.25) is 0 Å². The van der Waals surface area contributed by atoms with E-state index in [1.165, 1.54) is 18.2 Å². The van der Waals surface area contributed by atoms with E-state index >= 15 is 0 Å². The second-order valence-corrected chi connectivity index (χ2v) is 10.9. The molecule has 45 heavy (non-hydrogen) atoms. The number of rotatable bonds is 7. The Morgan fingerprint density at radius 1 is 0.956 bits per heavy atom. The summed E-state index contributed by atoms with van der Waals surface area (Å²) in [5, 5.41) is 4.91. The minimum atomic E-state index is -4.78. The van der Waals surface area contributed by atoms with Crippen LogP contribution in [0.15, 0.2) is 79.6 Å². The molecule has 1 N–H and O–H groups in total. The van der Waals surface area contributed by atoms with Crippen LogP contribution in [-0.4, -0.2) is 42.5 Å². The van der Waals surface area contributed by atoms with Gasteiger partial charge in [-0.2, -0.15) is 0 Å². The third-order valence-electron chi connectivity index (χ3n) is 7.94. The Kier molecular flexibility index (Phi) is 7.50. The molecule has 4 aromatic heterocycles. The Hall–Kier alpha value is -5.10. The average Bonchev–Trinajstić information content (AvgIpc) is 3.47. The molecule has 1 unspecified atom stereocenters. The van der Waals surface area contributed by atoms with Crippen molar-refractivity contribution in [2.24, 2.45) is 0 Å². The molecule has 1 saturated heterocycles. The Labute approximate surface area is 256 Å². The summed E-state index contributed by atoms with van der Waals surface area (Å²) >= 11 is 0. The molecule has 2 aromatic carbocycles. The number of fused-ring (bicyclic) bond motifs is 2. The zero-order chi connectivity index (χ0) is 31.0. The number of anilines is 2. The van der Waals surface area contributed by atoms with Crippen LogP contribution in [0.5, 0.6) is 5.75 Å². The molecule has 1 aliphatic heterocycles. The van der Waals surface area contributed by atoms with E-state index in [4.69, 9.17) is 14.7 Å². The van der Waals surface area contributed by atoms with Crippen molar-refractivity contribution in [1.82, 2.24) is 29.5 Å². The predicted octanol–water partition coefficient (Wildman–Crippen LogP) is 7.68. The van der Waals surface area contributed by atoms with Gasteiger partial charge in [-0.25, -0.2) is 19.9 Å². The van der Waals surface area contributed by atoms with Crippen molar-refractivity contribution in [1.29, 1.82) is 0 Å². The van der Waals surface area contributed by atoms with Crippen molar-refractivity contribution in [3.05, 3.63) is 96.5 Å². The number of nitrogens with zero attached hydrogens (tertiary/aromatic N) is 6. The molecule has 1 aliphatic rings. The maximum atomic E-state index is 12.8. The van der Waals surface area contributed by atoms with Gasteiger partial charge in [-0.15, -0.1) is 13.2 Å². The number of halogens is 3. The third-order valence-corrected chi connectivity index (χ3v) is 7.94. The zero-order valence-corrected chi connectivity index (χ0v) is 24.3. The van der Waals surface area contributed by atoms with Crippen molar-refractivity contribution in [3.63, 3.8) is 0 Å². The zero-order valence-electron chi connectivity index (χ0n) is 24.3. The van der Waals surface area contributed by atoms with Gasteiger partial charge >= 0.3 is 6.36 Å². The summed E-state index contributed by atoms with van der Waals surface area (Å²) in [4.78, 5) is 23.2. The SMILES string of the molecule is Cc1ccc2c(Nc3cccc(OC(F)(F)F)c3)nccc2c1Cc1ncccc1-c1ncnc2c1ncn2C1CCCCO1. The normalized spacial score (nSPS) is 15.4. The molecule has 12 heteroatoms. The summed E-state index contributed by atoms with van der Waals surface area (Å²) in [6.07, 6.45) is 5.42. The Morgan fingerprint density at radius 2 is 1.87 bits per heavy atom. The third kappa shape index (κ3) is 5.88. The maximum absolute atomic E-state index is 12.8. The number of aryl methyl sites for hydroxylation is 1. The summed E-state index contributed by atoms with van der Waals surface area (Å²) < 4.78 is 50.4. The molecule has 0 amide bonds. The van der Waals surface area contributed by atoms with Gasteiger partial charge in [-0.3, -0.25) is 9.55 Å². The Bertz CT molecular complexity index is 2000. The van der Waals surface area contributed by atoms with Crippen molar-refractivity contribution in [3.8, 4) is 17.0 Å². The molecule has 6 aromatic rings. The first kappa shape index (κ1) is 28.7. The number of ether oxygens (including phenoxy) is 2. The van der Waals surface area contributed by atoms with Crippen molar-refractivity contribution in [2.75, 3.05) is 11.9 Å². The summed E-state index contributed by atoms with van der Waals surface area (Å²) in [5.74, 6) is 0.189. The number of aromatic nitrogens is 6. The maximum Gasteiger partial charge on any atom is 0.573 e. The predicted molar refractivity (Wildman–Crippen MR) is 163 cm³/mol. The average molecular weight is 612 g/mol. The first-order valence-corrected chi connectivity index (χ1v) is 14.6. The number of hydrogen-bond donors (Lipinski definition) is 1. The molecule has 0 radical (unpaired) electrons. The van der Waals surface area contributed by atoms with E-state index in [9.17, 15) is 13.2 Å². The van der Waals surface area contributed by atoms with Crippen LogP contribution in [0.25, 0.3) is 33.2 Å². The van der Waals surface area contributed by atoms with Crippen LogP contribution in [-0.2, 0) is 11.2 Å². The van der Waals surface area contributed by atoms with Gasteiger partial charge in [0, 0.05) is 48.1 Å². The lowest BCUT2D eigenvalue weighted by molar-refractivity contribution is -0.274. The van der Waals surface area contributed by atoms with Crippen molar-refractivity contribution >= 4 is 33.4 Å². The van der Waals surface area contributed by atoms with E-state index in [0.717, 1.165) is 58.1 Å². The molecule has 0 aliphatic carbocycles. The molecule has 228 valence electrons. The smallest absolute Gasteiger partial charge is 0.406 e. The monoisotopic (exact) mass is 611 g/mol.